The average molecular weight is 226 g/mol. The molecule has 1 aromatic rings. The smallest absolute Gasteiger partial charge is 0.244 e. The Kier molecular flexibility index (Phi) is 5.00. The van der Waals surface area contributed by atoms with Crippen molar-refractivity contribution in [2.75, 3.05) is 20.3 Å². The Labute approximate surface area is 93.0 Å². The summed E-state index contributed by atoms with van der Waals surface area (Å²) >= 11 is 1.56. The lowest BCUT2D eigenvalue weighted by atomic mass is 10.4. The number of nitrogens with zero attached hydrogens (tertiary/aromatic N) is 1. The standard InChI is InChI=1S/C10H14N2O2S/c1-8-12-9(7-15-8)3-4-10(13)11-5-6-14-2/h3-4,7H,5-6H2,1-2H3,(H,11,13). The van der Waals surface area contributed by atoms with Crippen molar-refractivity contribution in [1.29, 1.82) is 0 Å². The summed E-state index contributed by atoms with van der Waals surface area (Å²) in [5.41, 5.74) is 0.819. The summed E-state index contributed by atoms with van der Waals surface area (Å²) in [7, 11) is 1.60. The molecule has 1 N–H and O–H groups in total. The van der Waals surface area contributed by atoms with Crippen LogP contribution in [0.5, 0.6) is 0 Å². The second kappa shape index (κ2) is 6.31. The molecule has 0 unspecified atom stereocenters. The van der Waals surface area contributed by atoms with Gasteiger partial charge in [0.25, 0.3) is 0 Å². The van der Waals surface area contributed by atoms with Crippen molar-refractivity contribution in [3.8, 4) is 0 Å². The number of hydrogen-bond donors (Lipinski definition) is 1. The maximum absolute atomic E-state index is 11.2. The first kappa shape index (κ1) is 11.9. The van der Waals surface area contributed by atoms with Crippen LogP contribution in [0.4, 0.5) is 0 Å². The number of aryl methyl sites for hydroxylation is 1. The lowest BCUT2D eigenvalue weighted by molar-refractivity contribution is -0.116. The number of carbonyl (C=O) groups is 1. The van der Waals surface area contributed by atoms with E-state index in [2.05, 4.69) is 10.3 Å². The van der Waals surface area contributed by atoms with Crippen LogP contribution < -0.4 is 5.32 Å². The monoisotopic (exact) mass is 226 g/mol. The lowest BCUT2D eigenvalue weighted by Gasteiger charge is -1.99. The van der Waals surface area contributed by atoms with Crippen LogP contribution in [0.2, 0.25) is 0 Å². The highest BCUT2D eigenvalue weighted by Crippen LogP contribution is 2.08. The van der Waals surface area contributed by atoms with E-state index in [0.717, 1.165) is 10.7 Å². The molecule has 1 rings (SSSR count). The van der Waals surface area contributed by atoms with E-state index in [1.54, 1.807) is 24.5 Å². The second-order valence-corrected chi connectivity index (χ2v) is 3.97. The van der Waals surface area contributed by atoms with Crippen LogP contribution in [0, 0.1) is 6.92 Å². The molecule has 0 aliphatic heterocycles. The molecule has 0 aromatic carbocycles. The number of hydrogen-bond acceptors (Lipinski definition) is 4. The van der Waals surface area contributed by atoms with E-state index in [1.807, 2.05) is 12.3 Å². The average Bonchev–Trinajstić information content (AvgIpc) is 2.62. The molecule has 0 saturated carbocycles. The molecule has 5 heteroatoms. The topological polar surface area (TPSA) is 51.2 Å². The van der Waals surface area contributed by atoms with Gasteiger partial charge in [-0.2, -0.15) is 0 Å². The molecule has 0 atom stereocenters. The Morgan fingerprint density at radius 2 is 2.53 bits per heavy atom. The van der Waals surface area contributed by atoms with Gasteiger partial charge in [0.2, 0.25) is 5.91 Å². The Balaban J connectivity index is 2.34. The van der Waals surface area contributed by atoms with Crippen LogP contribution in [0.25, 0.3) is 6.08 Å². The third kappa shape index (κ3) is 4.71. The molecule has 15 heavy (non-hydrogen) atoms. The molecule has 1 heterocycles. The van der Waals surface area contributed by atoms with E-state index in [1.165, 1.54) is 6.08 Å². The van der Waals surface area contributed by atoms with Crippen LogP contribution in [0.1, 0.15) is 10.7 Å². The van der Waals surface area contributed by atoms with Crippen LogP contribution in [0.3, 0.4) is 0 Å². The van der Waals surface area contributed by atoms with Crippen LogP contribution in [0.15, 0.2) is 11.5 Å². The van der Waals surface area contributed by atoms with E-state index in [-0.39, 0.29) is 5.91 Å². The number of rotatable bonds is 5. The lowest BCUT2D eigenvalue weighted by Crippen LogP contribution is -2.24. The maximum atomic E-state index is 11.2. The van der Waals surface area contributed by atoms with Crippen molar-refractivity contribution >= 4 is 23.3 Å². The summed E-state index contributed by atoms with van der Waals surface area (Å²) in [6.45, 7) is 2.98. The highest BCUT2D eigenvalue weighted by Gasteiger charge is 1.96. The Morgan fingerprint density at radius 3 is 3.13 bits per heavy atom. The quantitative estimate of drug-likeness (QED) is 0.607. The molecule has 0 radical (unpaired) electrons. The number of carbonyl (C=O) groups excluding carboxylic acids is 1. The molecular weight excluding hydrogens is 212 g/mol. The summed E-state index contributed by atoms with van der Waals surface area (Å²) in [5.74, 6) is -0.127. The first-order valence-electron chi connectivity index (χ1n) is 4.59. The van der Waals surface area contributed by atoms with Crippen molar-refractivity contribution in [1.82, 2.24) is 10.3 Å². The van der Waals surface area contributed by atoms with Gasteiger partial charge < -0.3 is 10.1 Å². The predicted octanol–water partition coefficient (Wildman–Crippen LogP) is 1.23. The highest BCUT2D eigenvalue weighted by molar-refractivity contribution is 7.09. The minimum Gasteiger partial charge on any atom is -0.383 e. The fourth-order valence-electron chi connectivity index (χ4n) is 0.953. The third-order valence-electron chi connectivity index (χ3n) is 1.65. The fourth-order valence-corrected chi connectivity index (χ4v) is 1.53. The zero-order chi connectivity index (χ0) is 11.1. The minimum atomic E-state index is -0.127. The van der Waals surface area contributed by atoms with Gasteiger partial charge in [0, 0.05) is 25.1 Å². The Hall–Kier alpha value is -1.20. The third-order valence-corrected chi connectivity index (χ3v) is 2.44. The number of ether oxygens (including phenoxy) is 1. The molecule has 1 aromatic heterocycles. The molecule has 0 aliphatic carbocycles. The number of aromatic nitrogens is 1. The van der Waals surface area contributed by atoms with Gasteiger partial charge in [-0.15, -0.1) is 11.3 Å². The summed E-state index contributed by atoms with van der Waals surface area (Å²) in [6, 6.07) is 0. The van der Waals surface area contributed by atoms with Gasteiger partial charge in [0.15, 0.2) is 0 Å². The Bertz CT molecular complexity index is 347. The van der Waals surface area contributed by atoms with Crippen molar-refractivity contribution in [2.45, 2.75) is 6.92 Å². The van der Waals surface area contributed by atoms with Crippen LogP contribution >= 0.6 is 11.3 Å². The van der Waals surface area contributed by atoms with E-state index in [9.17, 15) is 4.79 Å². The van der Waals surface area contributed by atoms with Gasteiger partial charge in [-0.05, 0) is 13.0 Å². The predicted molar refractivity (Wildman–Crippen MR) is 60.8 cm³/mol. The van der Waals surface area contributed by atoms with E-state index < -0.39 is 0 Å². The van der Waals surface area contributed by atoms with E-state index in [4.69, 9.17) is 4.74 Å². The van der Waals surface area contributed by atoms with Gasteiger partial charge in [-0.3, -0.25) is 4.79 Å². The molecule has 0 saturated heterocycles. The van der Waals surface area contributed by atoms with Crippen molar-refractivity contribution in [3.63, 3.8) is 0 Å². The van der Waals surface area contributed by atoms with Crippen molar-refractivity contribution in [2.24, 2.45) is 0 Å². The summed E-state index contributed by atoms with van der Waals surface area (Å²) in [6.07, 6.45) is 3.18. The molecular formula is C10H14N2O2S. The fraction of sp³-hybridized carbons (Fsp3) is 0.400. The Morgan fingerprint density at radius 1 is 1.73 bits per heavy atom. The summed E-state index contributed by atoms with van der Waals surface area (Å²) < 4.78 is 4.81. The first-order valence-corrected chi connectivity index (χ1v) is 5.47. The SMILES string of the molecule is COCCNC(=O)C=Cc1csc(C)n1. The summed E-state index contributed by atoms with van der Waals surface area (Å²) in [4.78, 5) is 15.4. The number of nitrogens with one attached hydrogen (secondary N) is 1. The molecule has 82 valence electrons. The molecule has 1 amide bonds. The van der Waals surface area contributed by atoms with E-state index >= 15 is 0 Å². The normalized spacial score (nSPS) is 10.8. The maximum Gasteiger partial charge on any atom is 0.244 e. The largest absolute Gasteiger partial charge is 0.383 e. The van der Waals surface area contributed by atoms with Gasteiger partial charge in [0.1, 0.15) is 0 Å². The highest BCUT2D eigenvalue weighted by atomic mass is 32.1. The second-order valence-electron chi connectivity index (χ2n) is 2.91. The molecule has 4 nitrogen and oxygen atoms in total. The van der Waals surface area contributed by atoms with Gasteiger partial charge >= 0.3 is 0 Å². The number of thiazole rings is 1. The molecule has 0 aliphatic rings. The first-order chi connectivity index (χ1) is 7.22. The summed E-state index contributed by atoms with van der Waals surface area (Å²) in [5, 5.41) is 5.59. The van der Waals surface area contributed by atoms with Crippen molar-refractivity contribution < 1.29 is 9.53 Å². The van der Waals surface area contributed by atoms with Crippen molar-refractivity contribution in [3.05, 3.63) is 22.2 Å². The molecule has 0 spiro atoms. The number of amides is 1. The zero-order valence-corrected chi connectivity index (χ0v) is 9.63. The molecule has 0 bridgehead atoms. The zero-order valence-electron chi connectivity index (χ0n) is 8.82. The van der Waals surface area contributed by atoms with Gasteiger partial charge in [-0.1, -0.05) is 0 Å². The van der Waals surface area contributed by atoms with E-state index in [0.29, 0.717) is 13.2 Å². The van der Waals surface area contributed by atoms with Crippen LogP contribution in [-0.4, -0.2) is 31.2 Å². The molecule has 0 fully saturated rings. The minimum absolute atomic E-state index is 0.127. The van der Waals surface area contributed by atoms with Gasteiger partial charge in [-0.25, -0.2) is 4.98 Å². The van der Waals surface area contributed by atoms with Crippen LogP contribution in [-0.2, 0) is 9.53 Å². The van der Waals surface area contributed by atoms with Gasteiger partial charge in [0.05, 0.1) is 17.3 Å². The number of methoxy groups -OCH3 is 1.